The molecule has 0 aromatic carbocycles. The molecule has 2 unspecified atom stereocenters. The van der Waals surface area contributed by atoms with Gasteiger partial charge in [0.15, 0.2) is 0 Å². The molecule has 0 N–H and O–H groups in total. The first kappa shape index (κ1) is 18.1. The maximum atomic E-state index is 6.35. The van der Waals surface area contributed by atoms with Crippen LogP contribution in [0.1, 0.15) is 67.2 Å². The Morgan fingerprint density at radius 1 is 1.10 bits per heavy atom. The van der Waals surface area contributed by atoms with E-state index in [-0.39, 0.29) is 11.7 Å². The maximum absolute atomic E-state index is 6.35. The van der Waals surface area contributed by atoms with Crippen LogP contribution in [-0.4, -0.2) is 40.4 Å². The van der Waals surface area contributed by atoms with Crippen molar-refractivity contribution in [1.29, 1.82) is 0 Å². The van der Waals surface area contributed by atoms with Gasteiger partial charge >= 0.3 is 0 Å². The van der Waals surface area contributed by atoms with Gasteiger partial charge in [-0.05, 0) is 54.4 Å². The topological polar surface area (TPSA) is 36.9 Å². The van der Waals surface area contributed by atoms with Gasteiger partial charge in [-0.3, -0.25) is 0 Å². The monoisotopic (exact) mass is 304 g/mol. The van der Waals surface area contributed by atoms with Gasteiger partial charge in [-0.1, -0.05) is 0 Å². The third-order valence-corrected chi connectivity index (χ3v) is 4.11. The summed E-state index contributed by atoms with van der Waals surface area (Å²) in [4.78, 5) is 0. The first-order chi connectivity index (χ1) is 9.20. The van der Waals surface area contributed by atoms with E-state index in [1.807, 2.05) is 20.8 Å². The van der Waals surface area contributed by atoms with Crippen LogP contribution in [0.5, 0.6) is 0 Å². The molecule has 1 aliphatic rings. The van der Waals surface area contributed by atoms with E-state index in [4.69, 9.17) is 18.6 Å². The molecule has 0 aromatic heterocycles. The normalized spacial score (nSPS) is 31.9. The highest BCUT2D eigenvalue weighted by Crippen LogP contribution is 2.46. The average Bonchev–Trinajstić information content (AvgIpc) is 2.30. The molecule has 1 aliphatic carbocycles. The number of ether oxygens (including phenoxy) is 3. The quantitative estimate of drug-likeness (QED) is 0.558. The second-order valence-electron chi connectivity index (χ2n) is 6.73. The van der Waals surface area contributed by atoms with E-state index in [1.54, 1.807) is 0 Å². The lowest BCUT2D eigenvalue weighted by atomic mass is 9.86. The summed E-state index contributed by atoms with van der Waals surface area (Å²) < 4.78 is 24.6. The summed E-state index contributed by atoms with van der Waals surface area (Å²) in [6, 6.07) is 0. The lowest BCUT2D eigenvalue weighted by Crippen LogP contribution is -2.64. The van der Waals surface area contributed by atoms with Crippen molar-refractivity contribution in [3.8, 4) is 0 Å². The smallest absolute Gasteiger partial charge is 0.222 e. The summed E-state index contributed by atoms with van der Waals surface area (Å²) in [5.41, 5.74) is -0.301. The van der Waals surface area contributed by atoms with Crippen molar-refractivity contribution in [2.45, 2.75) is 90.5 Å². The molecule has 4 nitrogen and oxygen atoms in total. The van der Waals surface area contributed by atoms with Crippen LogP contribution >= 0.6 is 0 Å². The van der Waals surface area contributed by atoms with Crippen LogP contribution in [0.2, 0.25) is 0 Å². The molecule has 0 heterocycles. The van der Waals surface area contributed by atoms with Gasteiger partial charge in [0.1, 0.15) is 10.5 Å². The van der Waals surface area contributed by atoms with Crippen molar-refractivity contribution in [3.05, 3.63) is 0 Å². The first-order valence-electron chi connectivity index (χ1n) is 7.77. The summed E-state index contributed by atoms with van der Waals surface area (Å²) in [5, 5.41) is 0. The van der Waals surface area contributed by atoms with Crippen LogP contribution in [0.4, 0.5) is 0 Å². The molecule has 0 amide bonds. The van der Waals surface area contributed by atoms with Crippen LogP contribution in [-0.2, 0) is 18.6 Å². The lowest BCUT2D eigenvalue weighted by molar-refractivity contribution is -0.422. The van der Waals surface area contributed by atoms with Crippen LogP contribution in [0.15, 0.2) is 0 Å². The molecule has 1 saturated carbocycles. The molecular weight excluding hydrogens is 272 g/mol. The van der Waals surface area contributed by atoms with E-state index in [2.05, 4.69) is 20.8 Å². The Labute approximate surface area is 127 Å². The van der Waals surface area contributed by atoms with Gasteiger partial charge in [-0.25, -0.2) is 0 Å². The minimum absolute atomic E-state index is 0.0689. The first-order valence-corrected chi connectivity index (χ1v) is 8.59. The van der Waals surface area contributed by atoms with Gasteiger partial charge in [0.25, 0.3) is 0 Å². The standard InChI is InChI=1S/C15H32O4Si/c1-7-16-14(17-12(2)3)10-8-9-11-15(14,19-20)18-13(4,5)6/h12H,7-11H2,1-6,20H3. The molecule has 0 radical (unpaired) electrons. The van der Waals surface area contributed by atoms with Crippen LogP contribution in [0, 0.1) is 0 Å². The van der Waals surface area contributed by atoms with Gasteiger partial charge in [0.2, 0.25) is 11.6 Å². The predicted octanol–water partition coefficient (Wildman–Crippen LogP) is 2.53. The predicted molar refractivity (Wildman–Crippen MR) is 83.6 cm³/mol. The molecule has 0 bridgehead atoms. The fourth-order valence-electron chi connectivity index (χ4n) is 3.00. The largest absolute Gasteiger partial charge is 0.397 e. The van der Waals surface area contributed by atoms with Gasteiger partial charge in [-0.15, -0.1) is 0 Å². The summed E-state index contributed by atoms with van der Waals surface area (Å²) >= 11 is 0. The van der Waals surface area contributed by atoms with Gasteiger partial charge < -0.3 is 18.6 Å². The van der Waals surface area contributed by atoms with Crippen molar-refractivity contribution < 1.29 is 18.6 Å². The summed E-state index contributed by atoms with van der Waals surface area (Å²) in [5.74, 6) is -1.57. The molecule has 20 heavy (non-hydrogen) atoms. The Bertz CT molecular complexity index is 292. The Balaban J connectivity index is 3.17. The van der Waals surface area contributed by atoms with E-state index in [1.165, 1.54) is 0 Å². The van der Waals surface area contributed by atoms with Crippen molar-refractivity contribution in [1.82, 2.24) is 0 Å². The van der Waals surface area contributed by atoms with E-state index < -0.39 is 11.6 Å². The summed E-state index contributed by atoms with van der Waals surface area (Å²) in [6.07, 6.45) is 3.86. The molecule has 0 aliphatic heterocycles. The number of hydrogen-bond acceptors (Lipinski definition) is 4. The third kappa shape index (κ3) is 4.04. The molecular formula is C15H32O4Si. The minimum atomic E-state index is -0.788. The highest BCUT2D eigenvalue weighted by atomic mass is 28.2. The van der Waals surface area contributed by atoms with E-state index in [0.717, 1.165) is 25.7 Å². The Morgan fingerprint density at radius 2 is 1.65 bits per heavy atom. The molecule has 0 aromatic rings. The minimum Gasteiger partial charge on any atom is -0.397 e. The zero-order chi connectivity index (χ0) is 15.4. The van der Waals surface area contributed by atoms with Gasteiger partial charge in [0, 0.05) is 19.4 Å². The second kappa shape index (κ2) is 6.88. The lowest BCUT2D eigenvalue weighted by Gasteiger charge is -2.53. The highest BCUT2D eigenvalue weighted by molar-refractivity contribution is 5.98. The molecule has 0 saturated heterocycles. The van der Waals surface area contributed by atoms with Crippen LogP contribution < -0.4 is 0 Å². The number of hydrogen-bond donors (Lipinski definition) is 0. The maximum Gasteiger partial charge on any atom is 0.222 e. The molecule has 1 rings (SSSR count). The van der Waals surface area contributed by atoms with Crippen LogP contribution in [0.25, 0.3) is 0 Å². The van der Waals surface area contributed by atoms with Crippen molar-refractivity contribution in [2.75, 3.05) is 6.61 Å². The summed E-state index contributed by atoms with van der Waals surface area (Å²) in [6.45, 7) is 12.8. The average molecular weight is 305 g/mol. The van der Waals surface area contributed by atoms with Crippen molar-refractivity contribution >= 4 is 10.5 Å². The molecule has 0 spiro atoms. The third-order valence-electron chi connectivity index (χ3n) is 3.45. The Morgan fingerprint density at radius 3 is 2.05 bits per heavy atom. The summed E-state index contributed by atoms with van der Waals surface area (Å²) in [7, 11) is 0.591. The molecule has 1 fully saturated rings. The molecule has 120 valence electrons. The fourth-order valence-corrected chi connectivity index (χ4v) is 3.60. The van der Waals surface area contributed by atoms with Gasteiger partial charge in [-0.2, -0.15) is 0 Å². The fraction of sp³-hybridized carbons (Fsp3) is 1.00. The SMILES string of the molecule is CCOC1(OC(C)C)CCCCC1(O[SiH3])OC(C)(C)C. The van der Waals surface area contributed by atoms with Crippen molar-refractivity contribution in [2.24, 2.45) is 0 Å². The van der Waals surface area contributed by atoms with Crippen molar-refractivity contribution in [3.63, 3.8) is 0 Å². The molecule has 5 heteroatoms. The van der Waals surface area contributed by atoms with E-state index in [0.29, 0.717) is 17.1 Å². The highest BCUT2D eigenvalue weighted by Gasteiger charge is 2.58. The van der Waals surface area contributed by atoms with Gasteiger partial charge in [0.05, 0.1) is 11.7 Å². The molecule has 2 atom stereocenters. The Hall–Kier alpha value is 0.0569. The van der Waals surface area contributed by atoms with E-state index in [9.17, 15) is 0 Å². The van der Waals surface area contributed by atoms with Crippen LogP contribution in [0.3, 0.4) is 0 Å². The zero-order valence-electron chi connectivity index (χ0n) is 14.2. The zero-order valence-corrected chi connectivity index (χ0v) is 16.2. The van der Waals surface area contributed by atoms with E-state index >= 15 is 0 Å². The number of rotatable bonds is 6. The second-order valence-corrected chi connectivity index (χ2v) is 7.14. The Kier molecular flexibility index (Phi) is 6.23.